The molecule has 0 saturated heterocycles. The Morgan fingerprint density at radius 2 is 1.32 bits per heavy atom. The summed E-state index contributed by atoms with van der Waals surface area (Å²) >= 11 is 0. The van der Waals surface area contributed by atoms with Crippen LogP contribution in [0.15, 0.2) is 18.2 Å². The number of carbonyl (C=O) groups is 4. The van der Waals surface area contributed by atoms with E-state index in [1.54, 1.807) is 26.8 Å². The fourth-order valence-corrected chi connectivity index (χ4v) is 2.83. The Morgan fingerprint density at radius 3 is 1.88 bits per heavy atom. The second-order valence-corrected chi connectivity index (χ2v) is 9.81. The fraction of sp³-hybridized carbons (Fsp3) is 0.643. The minimum Gasteiger partial charge on any atom is -0.458 e. The molecule has 0 aliphatic carbocycles. The Balaban J connectivity index is 2.82. The molecule has 0 aliphatic heterocycles. The van der Waals surface area contributed by atoms with E-state index in [2.05, 4.69) is 0 Å². The third-order valence-corrected chi connectivity index (χ3v) is 5.57. The topological polar surface area (TPSA) is 159 Å². The summed E-state index contributed by atoms with van der Waals surface area (Å²) in [6.07, 6.45) is -2.49. The molecule has 40 heavy (non-hydrogen) atoms. The van der Waals surface area contributed by atoms with E-state index in [1.807, 2.05) is 27.7 Å². The van der Waals surface area contributed by atoms with E-state index >= 15 is 0 Å². The summed E-state index contributed by atoms with van der Waals surface area (Å²) in [6.45, 7) is 12.7. The molecule has 2 unspecified atom stereocenters. The predicted octanol–water partition coefficient (Wildman–Crippen LogP) is 5.32. The number of rotatable bonds is 15. The van der Waals surface area contributed by atoms with Gasteiger partial charge in [-0.15, -0.1) is 0 Å². The number of benzene rings is 1. The molecule has 0 amide bonds. The summed E-state index contributed by atoms with van der Waals surface area (Å²) in [5.74, 6) is -0.559. The Kier molecular flexibility index (Phi) is 15.5. The summed E-state index contributed by atoms with van der Waals surface area (Å²) in [7, 11) is 0. The van der Waals surface area contributed by atoms with E-state index < -0.39 is 42.7 Å². The van der Waals surface area contributed by atoms with Crippen molar-refractivity contribution in [2.75, 3.05) is 13.2 Å². The van der Waals surface area contributed by atoms with Gasteiger partial charge in [0.2, 0.25) is 0 Å². The van der Waals surface area contributed by atoms with Crippen molar-refractivity contribution in [3.8, 4) is 11.5 Å². The first-order valence-electron chi connectivity index (χ1n) is 13.5. The Morgan fingerprint density at radius 1 is 0.750 bits per heavy atom. The molecule has 1 rings (SSSR count). The lowest BCUT2D eigenvalue weighted by Crippen LogP contribution is -2.37. The normalized spacial score (nSPS) is 13.8. The van der Waals surface area contributed by atoms with E-state index in [4.69, 9.17) is 38.9 Å². The molecule has 0 spiro atoms. The van der Waals surface area contributed by atoms with Gasteiger partial charge in [-0.2, -0.15) is 0 Å². The van der Waals surface area contributed by atoms with Gasteiger partial charge < -0.3 is 38.9 Å². The van der Waals surface area contributed by atoms with Crippen LogP contribution in [0.5, 0.6) is 11.5 Å². The van der Waals surface area contributed by atoms with Gasteiger partial charge in [-0.3, -0.25) is 4.79 Å². The zero-order valence-electron chi connectivity index (χ0n) is 24.4. The van der Waals surface area contributed by atoms with Crippen molar-refractivity contribution < 1.29 is 52.3 Å². The average Bonchev–Trinajstić information content (AvgIpc) is 2.88. The van der Waals surface area contributed by atoms with Gasteiger partial charge in [-0.1, -0.05) is 33.8 Å². The van der Waals surface area contributed by atoms with Crippen molar-refractivity contribution in [1.29, 1.82) is 0 Å². The van der Waals surface area contributed by atoms with Gasteiger partial charge in [0.25, 0.3) is 0 Å². The molecule has 0 bridgehead atoms. The van der Waals surface area contributed by atoms with Crippen molar-refractivity contribution in [2.45, 2.75) is 98.5 Å². The highest BCUT2D eigenvalue weighted by Gasteiger charge is 2.23. The highest BCUT2D eigenvalue weighted by Crippen LogP contribution is 2.30. The Bertz CT molecular complexity index is 966. The van der Waals surface area contributed by atoms with Crippen LogP contribution >= 0.6 is 0 Å². The van der Waals surface area contributed by atoms with E-state index in [0.29, 0.717) is 30.7 Å². The van der Waals surface area contributed by atoms with E-state index in [-0.39, 0.29) is 37.2 Å². The first kappa shape index (κ1) is 34.5. The van der Waals surface area contributed by atoms with E-state index in [1.165, 1.54) is 12.1 Å². The fourth-order valence-electron chi connectivity index (χ4n) is 2.83. The molecule has 1 aromatic carbocycles. The molecule has 226 valence electrons. The van der Waals surface area contributed by atoms with Gasteiger partial charge in [0, 0.05) is 0 Å². The van der Waals surface area contributed by atoms with Crippen LogP contribution in [0.4, 0.5) is 14.4 Å². The summed E-state index contributed by atoms with van der Waals surface area (Å²) in [6, 6.07) is 3.24. The molecule has 0 aromatic heterocycles. The van der Waals surface area contributed by atoms with Gasteiger partial charge in [-0.25, -0.2) is 14.4 Å². The van der Waals surface area contributed by atoms with Gasteiger partial charge in [0.15, 0.2) is 11.5 Å². The largest absolute Gasteiger partial charge is 0.514 e. The maximum Gasteiger partial charge on any atom is 0.514 e. The minimum atomic E-state index is -1.09. The number of carbonyl (C=O) groups excluding carboxylic acids is 4. The lowest BCUT2D eigenvalue weighted by molar-refractivity contribution is -0.152. The Labute approximate surface area is 235 Å². The number of esters is 1. The first-order chi connectivity index (χ1) is 18.8. The Hall–Kier alpha value is -3.54. The number of hydrogen-bond acceptors (Lipinski definition) is 12. The third-order valence-electron chi connectivity index (χ3n) is 5.57. The quantitative estimate of drug-likeness (QED) is 0.165. The highest BCUT2D eigenvalue weighted by molar-refractivity contribution is 5.76. The average molecular weight is 570 g/mol. The minimum absolute atomic E-state index is 0.00196. The second kappa shape index (κ2) is 17.9. The molecule has 0 fully saturated rings. The SMILES string of the molecule is CCC(C)OC(=O)Oc1ccc(C[C@H](N)C(=O)O[C@@H](C)COC(=O)OCCC(C)C)cc1OC(=O)OC(C)CC. The van der Waals surface area contributed by atoms with Crippen LogP contribution in [0.25, 0.3) is 0 Å². The molecule has 1 aromatic rings. The van der Waals surface area contributed by atoms with E-state index in [9.17, 15) is 19.2 Å². The smallest absolute Gasteiger partial charge is 0.458 e. The van der Waals surface area contributed by atoms with Gasteiger partial charge in [-0.05, 0) is 70.1 Å². The maximum atomic E-state index is 12.5. The summed E-state index contributed by atoms with van der Waals surface area (Å²) in [5.41, 5.74) is 6.51. The van der Waals surface area contributed by atoms with Crippen LogP contribution in [0.3, 0.4) is 0 Å². The molecule has 12 nitrogen and oxygen atoms in total. The molecular weight excluding hydrogens is 526 g/mol. The molecular formula is C28H43NO11. The van der Waals surface area contributed by atoms with Gasteiger partial charge in [0.1, 0.15) is 31.0 Å². The van der Waals surface area contributed by atoms with Crippen LogP contribution in [0.1, 0.15) is 73.3 Å². The second-order valence-electron chi connectivity index (χ2n) is 9.81. The predicted molar refractivity (Wildman–Crippen MR) is 144 cm³/mol. The molecule has 4 atom stereocenters. The van der Waals surface area contributed by atoms with Crippen LogP contribution in [-0.2, 0) is 34.9 Å². The van der Waals surface area contributed by atoms with Crippen LogP contribution in [0, 0.1) is 5.92 Å². The molecule has 2 N–H and O–H groups in total. The van der Waals surface area contributed by atoms with Crippen LogP contribution in [0.2, 0.25) is 0 Å². The number of nitrogens with two attached hydrogens (primary N) is 1. The van der Waals surface area contributed by atoms with Crippen molar-refractivity contribution in [1.82, 2.24) is 0 Å². The molecule has 0 radical (unpaired) electrons. The maximum absolute atomic E-state index is 12.5. The lowest BCUT2D eigenvalue weighted by atomic mass is 10.1. The first-order valence-corrected chi connectivity index (χ1v) is 13.5. The number of hydrogen-bond donors (Lipinski definition) is 1. The molecule has 12 heteroatoms. The van der Waals surface area contributed by atoms with Crippen molar-refractivity contribution in [2.24, 2.45) is 11.7 Å². The summed E-state index contributed by atoms with van der Waals surface area (Å²) in [5, 5.41) is 0. The van der Waals surface area contributed by atoms with Crippen LogP contribution in [-0.4, -0.2) is 62.0 Å². The molecule has 0 aliphatic rings. The van der Waals surface area contributed by atoms with E-state index in [0.717, 1.165) is 0 Å². The molecule has 0 saturated carbocycles. The zero-order chi connectivity index (χ0) is 30.2. The van der Waals surface area contributed by atoms with Crippen molar-refractivity contribution in [3.63, 3.8) is 0 Å². The monoisotopic (exact) mass is 569 g/mol. The lowest BCUT2D eigenvalue weighted by Gasteiger charge is -2.18. The third kappa shape index (κ3) is 14.0. The zero-order valence-corrected chi connectivity index (χ0v) is 24.4. The highest BCUT2D eigenvalue weighted by atomic mass is 16.8. The number of ether oxygens (including phenoxy) is 7. The van der Waals surface area contributed by atoms with Crippen molar-refractivity contribution >= 4 is 24.4 Å². The van der Waals surface area contributed by atoms with Gasteiger partial charge >= 0.3 is 24.4 Å². The van der Waals surface area contributed by atoms with Gasteiger partial charge in [0.05, 0.1) is 6.61 Å². The summed E-state index contributed by atoms with van der Waals surface area (Å²) < 4.78 is 35.9. The summed E-state index contributed by atoms with van der Waals surface area (Å²) in [4.78, 5) is 48.5. The standard InChI is InChI=1S/C28H43NO11/c1-8-18(5)37-27(32)39-23-11-10-21(15-24(23)40-28(33)38-19(6)9-2)14-22(29)25(30)36-20(7)16-35-26(31)34-13-12-17(3)4/h10-11,15,17-20,22H,8-9,12-14,16,29H2,1-7H3/t18?,19?,20-,22-/m0/s1. The van der Waals surface area contributed by atoms with Crippen molar-refractivity contribution in [3.05, 3.63) is 23.8 Å². The molecule has 0 heterocycles. The van der Waals surface area contributed by atoms with Crippen LogP contribution < -0.4 is 15.2 Å².